The molecule has 1 unspecified atom stereocenters. The molecule has 1 N–H and O–H groups in total. The van der Waals surface area contributed by atoms with Gasteiger partial charge in [0.15, 0.2) is 9.84 Å². The van der Waals surface area contributed by atoms with Gasteiger partial charge in [-0.3, -0.25) is 0 Å². The lowest BCUT2D eigenvalue weighted by Gasteiger charge is -2.12. The van der Waals surface area contributed by atoms with Gasteiger partial charge in [-0.15, -0.1) is 0 Å². The van der Waals surface area contributed by atoms with Crippen LogP contribution in [0.2, 0.25) is 0 Å². The molecule has 0 saturated carbocycles. The normalized spacial score (nSPS) is 21.7. The summed E-state index contributed by atoms with van der Waals surface area (Å²) in [6.07, 6.45) is 0.692. The van der Waals surface area contributed by atoms with E-state index in [0.29, 0.717) is 18.5 Å². The van der Waals surface area contributed by atoms with Gasteiger partial charge in [-0.25, -0.2) is 8.42 Å². The standard InChI is InChI=1S/C13H16N2O2S/c1-10-6-11(7-14)2-3-12(10)8-15-13-4-5-18(16,17)9-13/h2-3,6,13,15H,4-5,8-9H2,1H3. The van der Waals surface area contributed by atoms with E-state index in [9.17, 15) is 8.42 Å². The lowest BCUT2D eigenvalue weighted by Crippen LogP contribution is -2.29. The molecule has 2 rings (SSSR count). The summed E-state index contributed by atoms with van der Waals surface area (Å²) in [6, 6.07) is 7.72. The lowest BCUT2D eigenvalue weighted by molar-refractivity contribution is 0.553. The van der Waals surface area contributed by atoms with E-state index < -0.39 is 9.84 Å². The van der Waals surface area contributed by atoms with Gasteiger partial charge in [-0.1, -0.05) is 6.07 Å². The van der Waals surface area contributed by atoms with Crippen molar-refractivity contribution in [3.8, 4) is 6.07 Å². The molecule has 96 valence electrons. The first-order valence-electron chi connectivity index (χ1n) is 5.93. The van der Waals surface area contributed by atoms with Crippen LogP contribution in [0.4, 0.5) is 0 Å². The van der Waals surface area contributed by atoms with Crippen molar-refractivity contribution in [1.29, 1.82) is 5.26 Å². The van der Waals surface area contributed by atoms with Crippen LogP contribution in [-0.2, 0) is 16.4 Å². The Morgan fingerprint density at radius 1 is 1.50 bits per heavy atom. The Bertz CT molecular complexity index is 587. The summed E-state index contributed by atoms with van der Waals surface area (Å²) in [7, 11) is -2.83. The maximum atomic E-state index is 11.3. The molecule has 0 radical (unpaired) electrons. The maximum Gasteiger partial charge on any atom is 0.151 e. The number of nitrogens with one attached hydrogen (secondary N) is 1. The third-order valence-electron chi connectivity index (χ3n) is 3.29. The molecule has 0 bridgehead atoms. The molecule has 1 fully saturated rings. The van der Waals surface area contributed by atoms with Crippen LogP contribution < -0.4 is 5.32 Å². The fourth-order valence-corrected chi connectivity index (χ4v) is 3.88. The predicted octanol–water partition coefficient (Wildman–Crippen LogP) is 1.14. The number of hydrogen-bond acceptors (Lipinski definition) is 4. The highest BCUT2D eigenvalue weighted by Crippen LogP contribution is 2.14. The molecule has 1 aromatic carbocycles. The monoisotopic (exact) mass is 264 g/mol. The molecule has 4 nitrogen and oxygen atoms in total. The number of nitrogens with zero attached hydrogens (tertiary/aromatic N) is 1. The quantitative estimate of drug-likeness (QED) is 0.889. The Kier molecular flexibility index (Phi) is 3.69. The average Bonchev–Trinajstić information content (AvgIpc) is 2.67. The zero-order valence-electron chi connectivity index (χ0n) is 10.3. The summed E-state index contributed by atoms with van der Waals surface area (Å²) in [5, 5.41) is 12.1. The Hall–Kier alpha value is -1.38. The first-order valence-corrected chi connectivity index (χ1v) is 7.76. The van der Waals surface area contributed by atoms with Crippen molar-refractivity contribution in [3.63, 3.8) is 0 Å². The number of nitriles is 1. The summed E-state index contributed by atoms with van der Waals surface area (Å²) in [5.74, 6) is 0.527. The van der Waals surface area contributed by atoms with Crippen molar-refractivity contribution in [1.82, 2.24) is 5.32 Å². The van der Waals surface area contributed by atoms with Crippen LogP contribution in [-0.4, -0.2) is 26.0 Å². The topological polar surface area (TPSA) is 70.0 Å². The van der Waals surface area contributed by atoms with Crippen molar-refractivity contribution < 1.29 is 8.42 Å². The molecule has 1 saturated heterocycles. The molecule has 1 aromatic rings. The zero-order chi connectivity index (χ0) is 13.2. The fraction of sp³-hybridized carbons (Fsp3) is 0.462. The van der Waals surface area contributed by atoms with E-state index in [1.807, 2.05) is 19.1 Å². The lowest BCUT2D eigenvalue weighted by atomic mass is 10.1. The van der Waals surface area contributed by atoms with E-state index in [1.165, 1.54) is 0 Å². The third kappa shape index (κ3) is 3.09. The van der Waals surface area contributed by atoms with Crippen LogP contribution >= 0.6 is 0 Å². The smallest absolute Gasteiger partial charge is 0.151 e. The molecular formula is C13H16N2O2S. The van der Waals surface area contributed by atoms with E-state index in [2.05, 4.69) is 11.4 Å². The number of hydrogen-bond donors (Lipinski definition) is 1. The van der Waals surface area contributed by atoms with Crippen molar-refractivity contribution >= 4 is 9.84 Å². The number of sulfone groups is 1. The zero-order valence-corrected chi connectivity index (χ0v) is 11.1. The first kappa shape index (κ1) is 13.1. The van der Waals surface area contributed by atoms with E-state index in [1.54, 1.807) is 6.07 Å². The van der Waals surface area contributed by atoms with E-state index in [-0.39, 0.29) is 17.5 Å². The second kappa shape index (κ2) is 5.09. The minimum Gasteiger partial charge on any atom is -0.309 e. The van der Waals surface area contributed by atoms with E-state index >= 15 is 0 Å². The molecule has 18 heavy (non-hydrogen) atoms. The van der Waals surface area contributed by atoms with E-state index in [0.717, 1.165) is 11.1 Å². The molecular weight excluding hydrogens is 248 g/mol. The highest BCUT2D eigenvalue weighted by Gasteiger charge is 2.27. The largest absolute Gasteiger partial charge is 0.309 e. The molecule has 1 heterocycles. The van der Waals surface area contributed by atoms with Crippen molar-refractivity contribution in [2.45, 2.75) is 25.9 Å². The maximum absolute atomic E-state index is 11.3. The SMILES string of the molecule is Cc1cc(C#N)ccc1CNC1CCS(=O)(=O)C1. The molecule has 0 aromatic heterocycles. The van der Waals surface area contributed by atoms with Gasteiger partial charge in [-0.05, 0) is 36.6 Å². The first-order chi connectivity index (χ1) is 8.50. The van der Waals surface area contributed by atoms with Gasteiger partial charge in [0.05, 0.1) is 23.1 Å². The van der Waals surface area contributed by atoms with Gasteiger partial charge in [-0.2, -0.15) is 5.26 Å². The molecule has 0 aliphatic carbocycles. The molecule has 1 aliphatic heterocycles. The number of benzene rings is 1. The minimum atomic E-state index is -2.83. The van der Waals surface area contributed by atoms with Crippen LogP contribution in [0.3, 0.4) is 0 Å². The van der Waals surface area contributed by atoms with Gasteiger partial charge < -0.3 is 5.32 Å². The Labute approximate surface area is 108 Å². The molecule has 0 spiro atoms. The summed E-state index contributed by atoms with van der Waals surface area (Å²) >= 11 is 0. The fourth-order valence-electron chi connectivity index (χ4n) is 2.17. The summed E-state index contributed by atoms with van der Waals surface area (Å²) in [4.78, 5) is 0. The van der Waals surface area contributed by atoms with Crippen molar-refractivity contribution in [3.05, 3.63) is 34.9 Å². The van der Waals surface area contributed by atoms with Crippen LogP contribution in [0, 0.1) is 18.3 Å². The second-order valence-electron chi connectivity index (χ2n) is 4.73. The number of rotatable bonds is 3. The highest BCUT2D eigenvalue weighted by atomic mass is 32.2. The van der Waals surface area contributed by atoms with Crippen LogP contribution in [0.1, 0.15) is 23.1 Å². The van der Waals surface area contributed by atoms with Crippen LogP contribution in [0.25, 0.3) is 0 Å². The molecule has 5 heteroatoms. The van der Waals surface area contributed by atoms with Crippen LogP contribution in [0.5, 0.6) is 0 Å². The van der Waals surface area contributed by atoms with Gasteiger partial charge in [0.2, 0.25) is 0 Å². The highest BCUT2D eigenvalue weighted by molar-refractivity contribution is 7.91. The average molecular weight is 264 g/mol. The van der Waals surface area contributed by atoms with Gasteiger partial charge in [0.1, 0.15) is 0 Å². The Balaban J connectivity index is 1.97. The van der Waals surface area contributed by atoms with Crippen molar-refractivity contribution in [2.24, 2.45) is 0 Å². The summed E-state index contributed by atoms with van der Waals surface area (Å²) in [5.41, 5.74) is 2.82. The van der Waals surface area contributed by atoms with Crippen molar-refractivity contribution in [2.75, 3.05) is 11.5 Å². The van der Waals surface area contributed by atoms with Gasteiger partial charge in [0.25, 0.3) is 0 Å². The van der Waals surface area contributed by atoms with Gasteiger partial charge in [0, 0.05) is 12.6 Å². The molecule has 0 amide bonds. The van der Waals surface area contributed by atoms with Crippen LogP contribution in [0.15, 0.2) is 18.2 Å². The Morgan fingerprint density at radius 3 is 2.83 bits per heavy atom. The Morgan fingerprint density at radius 2 is 2.28 bits per heavy atom. The molecule has 1 aliphatic rings. The number of aryl methyl sites for hydroxylation is 1. The molecule has 1 atom stereocenters. The van der Waals surface area contributed by atoms with Gasteiger partial charge >= 0.3 is 0 Å². The summed E-state index contributed by atoms with van der Waals surface area (Å²) in [6.45, 7) is 2.61. The second-order valence-corrected chi connectivity index (χ2v) is 6.96. The predicted molar refractivity (Wildman–Crippen MR) is 69.8 cm³/mol. The van der Waals surface area contributed by atoms with E-state index in [4.69, 9.17) is 5.26 Å². The minimum absolute atomic E-state index is 0.0602. The summed E-state index contributed by atoms with van der Waals surface area (Å²) < 4.78 is 22.7. The third-order valence-corrected chi connectivity index (χ3v) is 5.05.